The predicted octanol–water partition coefficient (Wildman–Crippen LogP) is -0.567. The minimum Gasteiger partial charge on any atom is -0.480 e. The topological polar surface area (TPSA) is 49.3 Å². The predicted molar refractivity (Wildman–Crippen MR) is 24.0 cm³/mol. The van der Waals surface area contributed by atoms with E-state index in [1.165, 1.54) is 0 Å². The number of aliphatic carboxylic acids is 1. The van der Waals surface area contributed by atoms with Gasteiger partial charge in [0.05, 0.1) is 1.37 Å². The highest BCUT2D eigenvalue weighted by Gasteiger charge is 2.22. The van der Waals surface area contributed by atoms with E-state index in [0.717, 1.165) is 0 Å². The van der Waals surface area contributed by atoms with Crippen molar-refractivity contribution in [3.63, 3.8) is 0 Å². The molecule has 1 saturated heterocycles. The quantitative estimate of drug-likeness (QED) is 0.470. The molecular weight excluding hydrogens is 94.0 g/mol. The van der Waals surface area contributed by atoms with Crippen molar-refractivity contribution in [2.75, 3.05) is 6.50 Å². The Bertz CT molecular complexity index is 242. The van der Waals surface area contributed by atoms with Crippen LogP contribution in [0.1, 0.15) is 13.2 Å². The zero-order valence-corrected chi connectivity index (χ0v) is 3.36. The fourth-order valence-electron chi connectivity index (χ4n) is 0.232. The molecule has 1 rings (SSSR count). The van der Waals surface area contributed by atoms with Crippen molar-refractivity contribution in [1.82, 2.24) is 5.32 Å². The molecule has 0 aromatic carbocycles. The normalized spacial score (nSPS) is 64.3. The zero-order valence-electron chi connectivity index (χ0n) is 8.36. The summed E-state index contributed by atoms with van der Waals surface area (Å²) in [5.74, 6) is -1.72. The van der Waals surface area contributed by atoms with E-state index in [-0.39, 0.29) is 0 Å². The first-order valence-corrected chi connectivity index (χ1v) is 1.68. The van der Waals surface area contributed by atoms with Crippen LogP contribution in [0.25, 0.3) is 0 Å². The Hall–Kier alpha value is -0.570. The summed E-state index contributed by atoms with van der Waals surface area (Å²) in [7, 11) is 0. The van der Waals surface area contributed by atoms with Gasteiger partial charge in [-0.1, -0.05) is 0 Å². The summed E-state index contributed by atoms with van der Waals surface area (Å²) in [5.41, 5.74) is 0. The Labute approximate surface area is 48.4 Å². The molecule has 1 aliphatic rings. The van der Waals surface area contributed by atoms with Gasteiger partial charge in [0.2, 0.25) is 0 Å². The summed E-state index contributed by atoms with van der Waals surface area (Å²) in [6, 6.07) is -2.57. The number of carboxylic acid groups (broad SMARTS) is 1. The maximum atomic E-state index is 10.4. The Kier molecular flexibility index (Phi) is 0.311. The lowest BCUT2D eigenvalue weighted by atomic mass is 10.1. The minimum atomic E-state index is -2.72. The van der Waals surface area contributed by atoms with Gasteiger partial charge in [-0.15, -0.1) is 0 Å². The van der Waals surface area contributed by atoms with Crippen molar-refractivity contribution in [3.8, 4) is 0 Å². The van der Waals surface area contributed by atoms with Crippen LogP contribution in [0.4, 0.5) is 0 Å². The van der Waals surface area contributed by atoms with Crippen LogP contribution in [0, 0.1) is 0 Å². The van der Waals surface area contributed by atoms with Crippen LogP contribution < -0.4 is 5.32 Å². The van der Waals surface area contributed by atoms with Crippen LogP contribution in [-0.4, -0.2) is 23.6 Å². The molecule has 0 bridgehead atoms. The van der Waals surface area contributed by atoms with Crippen LogP contribution in [0.5, 0.6) is 0 Å². The molecule has 0 aliphatic carbocycles. The number of hydrogen-bond acceptors (Lipinski definition) is 2. The zero-order chi connectivity index (χ0) is 9.78. The van der Waals surface area contributed by atoms with Crippen LogP contribution in [0.15, 0.2) is 0 Å². The van der Waals surface area contributed by atoms with Gasteiger partial charge in [-0.25, -0.2) is 0 Å². The van der Waals surface area contributed by atoms with Gasteiger partial charge in [0.25, 0.3) is 0 Å². The largest absolute Gasteiger partial charge is 0.480 e. The van der Waals surface area contributed by atoms with Gasteiger partial charge in [-0.05, 0) is 12.9 Å². The van der Waals surface area contributed by atoms with Crippen LogP contribution in [0.3, 0.4) is 0 Å². The summed E-state index contributed by atoms with van der Waals surface area (Å²) in [4.78, 5) is 10.4. The van der Waals surface area contributed by atoms with E-state index in [1.54, 1.807) is 5.32 Å². The molecule has 1 atom stereocenters. The first-order valence-electron chi connectivity index (χ1n) is 4.18. The summed E-state index contributed by atoms with van der Waals surface area (Å²) < 4.78 is 34.9. The highest BCUT2D eigenvalue weighted by atomic mass is 16.4. The maximum Gasteiger partial charge on any atom is 0.320 e. The van der Waals surface area contributed by atoms with Gasteiger partial charge in [-0.2, -0.15) is 0 Å². The van der Waals surface area contributed by atoms with E-state index >= 15 is 0 Å². The Morgan fingerprint density at radius 3 is 3.14 bits per heavy atom. The lowest BCUT2D eigenvalue weighted by Crippen LogP contribution is -2.48. The van der Waals surface area contributed by atoms with E-state index in [2.05, 4.69) is 0 Å². The number of hydrogen-bond donors (Lipinski definition) is 2. The van der Waals surface area contributed by atoms with Gasteiger partial charge in [0.1, 0.15) is 6.02 Å². The number of nitrogens with one attached hydrogen (secondary N) is 1. The molecule has 0 aromatic heterocycles. The maximum absolute atomic E-state index is 10.4. The molecular formula is C4H7NO2. The molecule has 0 saturated carbocycles. The van der Waals surface area contributed by atoms with Crippen LogP contribution in [-0.2, 0) is 4.79 Å². The lowest BCUT2D eigenvalue weighted by molar-refractivity contribution is -0.141. The average Bonchev–Trinajstić information content (AvgIpc) is 1.85. The lowest BCUT2D eigenvalue weighted by Gasteiger charge is -2.22. The highest BCUT2D eigenvalue weighted by Crippen LogP contribution is 1.99. The molecule has 3 nitrogen and oxygen atoms in total. The fraction of sp³-hybridized carbons (Fsp3) is 0.750. The molecule has 0 unspecified atom stereocenters. The number of rotatable bonds is 1. The fourth-order valence-corrected chi connectivity index (χ4v) is 0.232. The second-order valence-corrected chi connectivity index (χ2v) is 1.06. The molecule has 0 radical (unpaired) electrons. The molecule has 3 heteroatoms. The molecule has 2 N–H and O–H groups in total. The monoisotopic (exact) mass is 106 g/mol. The van der Waals surface area contributed by atoms with E-state index in [9.17, 15) is 4.79 Å². The van der Waals surface area contributed by atoms with Gasteiger partial charge >= 0.3 is 5.97 Å². The molecule has 0 aromatic rings. The second kappa shape index (κ2) is 1.50. The third-order valence-corrected chi connectivity index (χ3v) is 0.589. The minimum absolute atomic E-state index is 1.71. The summed E-state index contributed by atoms with van der Waals surface area (Å²) >= 11 is 0. The average molecular weight is 106 g/mol. The first kappa shape index (κ1) is 1.45. The molecule has 1 aliphatic heterocycles. The van der Waals surface area contributed by atoms with Crippen molar-refractivity contribution in [1.29, 1.82) is 0 Å². The summed E-state index contributed by atoms with van der Waals surface area (Å²) in [5, 5.41) is 10.1. The Morgan fingerprint density at radius 2 is 3.00 bits per heavy atom. The Balaban J connectivity index is 2.99. The smallest absolute Gasteiger partial charge is 0.320 e. The van der Waals surface area contributed by atoms with Crippen molar-refractivity contribution in [3.05, 3.63) is 0 Å². The summed E-state index contributed by atoms with van der Waals surface area (Å²) in [6.07, 6.45) is -2.72. The highest BCUT2D eigenvalue weighted by molar-refractivity contribution is 5.74. The third kappa shape index (κ3) is 0.718. The first-order chi connectivity index (χ1) is 5.15. The summed E-state index contributed by atoms with van der Waals surface area (Å²) in [6.45, 7) is -2.45. The molecule has 1 fully saturated rings. The molecule has 0 amide bonds. The van der Waals surface area contributed by atoms with Crippen molar-refractivity contribution in [2.24, 2.45) is 0 Å². The Morgan fingerprint density at radius 1 is 2.29 bits per heavy atom. The molecule has 40 valence electrons. The van der Waals surface area contributed by atoms with Gasteiger partial charge in [-0.3, -0.25) is 4.79 Å². The van der Waals surface area contributed by atoms with Gasteiger partial charge in [0, 0.05) is 5.48 Å². The van der Waals surface area contributed by atoms with Crippen molar-refractivity contribution >= 4 is 5.97 Å². The van der Waals surface area contributed by atoms with Gasteiger partial charge < -0.3 is 10.4 Å². The number of carbonyl (C=O) groups is 1. The molecule has 1 heterocycles. The SMILES string of the molecule is [2H]C1([2H])N[C@@]([2H])(C(=O)O)C1([2H])[2H]. The standard InChI is InChI=1S/C4H7NO2/c6-4(7)3-1-2-5-3/h3,5H,1-2H2,(H,6,7)/t3-/m1/s1/i1D2,2D2,3D. The number of carboxylic acids is 1. The van der Waals surface area contributed by atoms with E-state index in [1.807, 2.05) is 0 Å². The van der Waals surface area contributed by atoms with Crippen LogP contribution in [0.2, 0.25) is 0 Å². The molecule has 0 spiro atoms. The van der Waals surface area contributed by atoms with Crippen molar-refractivity contribution in [2.45, 2.75) is 12.4 Å². The third-order valence-electron chi connectivity index (χ3n) is 0.589. The molecule has 7 heavy (non-hydrogen) atoms. The van der Waals surface area contributed by atoms with Crippen LogP contribution >= 0.6 is 0 Å². The van der Waals surface area contributed by atoms with E-state index in [4.69, 9.17) is 12.0 Å². The van der Waals surface area contributed by atoms with E-state index in [0.29, 0.717) is 0 Å². The van der Waals surface area contributed by atoms with E-state index < -0.39 is 24.9 Å². The second-order valence-electron chi connectivity index (χ2n) is 1.06. The van der Waals surface area contributed by atoms with Crippen molar-refractivity contribution < 1.29 is 16.8 Å². The van der Waals surface area contributed by atoms with Gasteiger partial charge in [0.15, 0.2) is 0 Å².